The van der Waals surface area contributed by atoms with Crippen molar-refractivity contribution in [2.45, 2.75) is 25.4 Å². The number of aromatic nitrogens is 2. The van der Waals surface area contributed by atoms with E-state index in [4.69, 9.17) is 9.84 Å². The third kappa shape index (κ3) is 1.66. The van der Waals surface area contributed by atoms with Crippen LogP contribution in [0.5, 0.6) is 5.88 Å². The molecule has 0 aromatic carbocycles. The molecule has 0 atom stereocenters. The molecule has 1 aliphatic carbocycles. The Morgan fingerprint density at radius 3 is 3.00 bits per heavy atom. The zero-order valence-corrected chi connectivity index (χ0v) is 7.43. The van der Waals surface area contributed by atoms with Gasteiger partial charge in [-0.05, 0) is 19.3 Å². The smallest absolute Gasteiger partial charge is 0.342 e. The molecule has 5 heteroatoms. The van der Waals surface area contributed by atoms with Gasteiger partial charge in [0.25, 0.3) is 0 Å². The molecule has 1 heterocycles. The van der Waals surface area contributed by atoms with Crippen molar-refractivity contribution in [1.29, 1.82) is 0 Å². The molecule has 0 bridgehead atoms. The average molecular weight is 193 g/mol. The van der Waals surface area contributed by atoms with Gasteiger partial charge in [-0.3, -0.25) is 0 Å². The molecule has 0 spiro atoms. The normalized spacial score (nSPS) is 16.0. The fourth-order valence-corrected chi connectivity index (χ4v) is 1.17. The standard InChI is InChI=1S/C9H9N2O3/c12-9(13)7-4-10-5-11-8(7)14-6-2-1-3-6/h4,6H,1-3H2,(H,12,13). The van der Waals surface area contributed by atoms with Crippen molar-refractivity contribution in [1.82, 2.24) is 9.97 Å². The van der Waals surface area contributed by atoms with Crippen molar-refractivity contribution in [3.63, 3.8) is 0 Å². The number of hydrogen-bond acceptors (Lipinski definition) is 4. The van der Waals surface area contributed by atoms with Crippen molar-refractivity contribution in [3.8, 4) is 5.88 Å². The second-order valence-corrected chi connectivity index (χ2v) is 3.16. The molecule has 0 aliphatic heterocycles. The molecule has 5 nitrogen and oxygen atoms in total. The highest BCUT2D eigenvalue weighted by atomic mass is 16.5. The Labute approximate surface area is 80.8 Å². The Morgan fingerprint density at radius 2 is 2.43 bits per heavy atom. The molecule has 0 saturated heterocycles. The summed E-state index contributed by atoms with van der Waals surface area (Å²) in [5.41, 5.74) is -0.00403. The van der Waals surface area contributed by atoms with Crippen LogP contribution in [-0.2, 0) is 0 Å². The summed E-state index contributed by atoms with van der Waals surface area (Å²) in [6.07, 6.45) is 6.68. The van der Waals surface area contributed by atoms with Gasteiger partial charge >= 0.3 is 5.97 Å². The molecule has 14 heavy (non-hydrogen) atoms. The van der Waals surface area contributed by atoms with Gasteiger partial charge in [0.1, 0.15) is 11.7 Å². The summed E-state index contributed by atoms with van der Waals surface area (Å²) in [7, 11) is 0. The Morgan fingerprint density at radius 1 is 1.64 bits per heavy atom. The Bertz CT molecular complexity index is 350. The lowest BCUT2D eigenvalue weighted by Gasteiger charge is -2.25. The van der Waals surface area contributed by atoms with Gasteiger partial charge in [0.2, 0.25) is 12.2 Å². The maximum atomic E-state index is 10.7. The fourth-order valence-electron chi connectivity index (χ4n) is 1.17. The lowest BCUT2D eigenvalue weighted by molar-refractivity contribution is 0.0674. The van der Waals surface area contributed by atoms with Crippen LogP contribution in [0, 0.1) is 6.33 Å². The zero-order valence-electron chi connectivity index (χ0n) is 7.43. The van der Waals surface area contributed by atoms with E-state index >= 15 is 0 Å². The van der Waals surface area contributed by atoms with Crippen LogP contribution in [0.1, 0.15) is 29.6 Å². The molecule has 1 aliphatic rings. The van der Waals surface area contributed by atoms with Gasteiger partial charge in [-0.2, -0.15) is 4.98 Å². The molecular weight excluding hydrogens is 184 g/mol. The highest BCUT2D eigenvalue weighted by Crippen LogP contribution is 2.25. The number of carboxylic acids is 1. The molecular formula is C9H9N2O3. The molecule has 0 amide bonds. The predicted octanol–water partition coefficient (Wildman–Crippen LogP) is 0.906. The van der Waals surface area contributed by atoms with Crippen molar-refractivity contribution < 1.29 is 14.6 Å². The van der Waals surface area contributed by atoms with E-state index < -0.39 is 5.97 Å². The van der Waals surface area contributed by atoms with E-state index in [1.807, 2.05) is 0 Å². The Hall–Kier alpha value is -1.65. The first-order valence-corrected chi connectivity index (χ1v) is 4.40. The first-order chi connectivity index (χ1) is 6.77. The molecule has 1 radical (unpaired) electrons. The Kier molecular flexibility index (Phi) is 2.30. The van der Waals surface area contributed by atoms with E-state index in [1.54, 1.807) is 0 Å². The van der Waals surface area contributed by atoms with Gasteiger partial charge in [-0.1, -0.05) is 0 Å². The van der Waals surface area contributed by atoms with Crippen LogP contribution >= 0.6 is 0 Å². The maximum absolute atomic E-state index is 10.7. The number of aromatic carboxylic acids is 1. The van der Waals surface area contributed by atoms with Gasteiger partial charge in [0.05, 0.1) is 0 Å². The fraction of sp³-hybridized carbons (Fsp3) is 0.444. The number of carbonyl (C=O) groups is 1. The summed E-state index contributed by atoms with van der Waals surface area (Å²) in [6, 6.07) is 0. The van der Waals surface area contributed by atoms with Crippen molar-refractivity contribution in [3.05, 3.63) is 18.1 Å². The largest absolute Gasteiger partial charge is 0.477 e. The first-order valence-electron chi connectivity index (χ1n) is 4.40. The molecule has 1 aromatic rings. The second-order valence-electron chi connectivity index (χ2n) is 3.16. The lowest BCUT2D eigenvalue weighted by Crippen LogP contribution is -2.26. The van der Waals surface area contributed by atoms with E-state index in [0.29, 0.717) is 0 Å². The van der Waals surface area contributed by atoms with Gasteiger partial charge in [0, 0.05) is 6.20 Å². The summed E-state index contributed by atoms with van der Waals surface area (Å²) in [6.45, 7) is 0. The number of hydrogen-bond donors (Lipinski definition) is 1. The molecule has 0 unspecified atom stereocenters. The van der Waals surface area contributed by atoms with E-state index in [-0.39, 0.29) is 17.5 Å². The molecule has 2 rings (SSSR count). The number of carboxylic acid groups (broad SMARTS) is 1. The predicted molar refractivity (Wildman–Crippen MR) is 46.1 cm³/mol. The van der Waals surface area contributed by atoms with Crippen LogP contribution in [0.4, 0.5) is 0 Å². The highest BCUT2D eigenvalue weighted by molar-refractivity contribution is 5.89. The molecule has 1 aromatic heterocycles. The van der Waals surface area contributed by atoms with Crippen LogP contribution in [0.3, 0.4) is 0 Å². The molecule has 1 fully saturated rings. The summed E-state index contributed by atoms with van der Waals surface area (Å²) in [5.74, 6) is -0.953. The van der Waals surface area contributed by atoms with Crippen molar-refractivity contribution in [2.75, 3.05) is 0 Å². The van der Waals surface area contributed by atoms with Gasteiger partial charge in [-0.25, -0.2) is 9.78 Å². The summed E-state index contributed by atoms with van der Waals surface area (Å²) in [5, 5.41) is 8.80. The first kappa shape index (κ1) is 8.93. The molecule has 1 saturated carbocycles. The highest BCUT2D eigenvalue weighted by Gasteiger charge is 2.22. The van der Waals surface area contributed by atoms with Crippen LogP contribution in [0.2, 0.25) is 0 Å². The summed E-state index contributed by atoms with van der Waals surface area (Å²) in [4.78, 5) is 17.9. The zero-order chi connectivity index (χ0) is 9.97. The van der Waals surface area contributed by atoms with E-state index in [1.165, 1.54) is 6.20 Å². The van der Waals surface area contributed by atoms with Crippen LogP contribution in [-0.4, -0.2) is 27.1 Å². The monoisotopic (exact) mass is 193 g/mol. The SMILES string of the molecule is O=C(O)c1cn[c]nc1OC1CCC1. The minimum Gasteiger partial charge on any atom is -0.477 e. The van der Waals surface area contributed by atoms with Crippen LogP contribution in [0.15, 0.2) is 6.20 Å². The van der Waals surface area contributed by atoms with E-state index in [2.05, 4.69) is 16.3 Å². The van der Waals surface area contributed by atoms with E-state index in [9.17, 15) is 4.79 Å². The third-order valence-electron chi connectivity index (χ3n) is 2.19. The molecule has 73 valence electrons. The van der Waals surface area contributed by atoms with Gasteiger partial charge in [0.15, 0.2) is 0 Å². The van der Waals surface area contributed by atoms with Crippen LogP contribution in [0.25, 0.3) is 0 Å². The number of nitrogens with zero attached hydrogens (tertiary/aromatic N) is 2. The summed E-state index contributed by atoms with van der Waals surface area (Å²) < 4.78 is 5.38. The van der Waals surface area contributed by atoms with Gasteiger partial charge < -0.3 is 9.84 Å². The number of ether oxygens (including phenoxy) is 1. The maximum Gasteiger partial charge on any atom is 0.342 e. The minimum absolute atomic E-state index is 0.00403. The molecule has 1 N–H and O–H groups in total. The third-order valence-corrected chi connectivity index (χ3v) is 2.19. The lowest BCUT2D eigenvalue weighted by atomic mass is 9.96. The number of rotatable bonds is 3. The summed E-state index contributed by atoms with van der Waals surface area (Å²) >= 11 is 0. The van der Waals surface area contributed by atoms with Crippen LogP contribution < -0.4 is 4.74 Å². The van der Waals surface area contributed by atoms with E-state index in [0.717, 1.165) is 19.3 Å². The Balaban J connectivity index is 2.17. The second kappa shape index (κ2) is 3.61. The van der Waals surface area contributed by atoms with Gasteiger partial charge in [-0.15, -0.1) is 0 Å². The average Bonchev–Trinajstić information content (AvgIpc) is 2.12. The topological polar surface area (TPSA) is 72.3 Å². The van der Waals surface area contributed by atoms with Crippen molar-refractivity contribution in [2.24, 2.45) is 0 Å². The van der Waals surface area contributed by atoms with Crippen molar-refractivity contribution >= 4 is 5.97 Å². The quantitative estimate of drug-likeness (QED) is 0.772. The minimum atomic E-state index is -1.08.